The van der Waals surface area contributed by atoms with Crippen LogP contribution in [0.4, 0.5) is 0 Å². The second kappa shape index (κ2) is 12.3. The van der Waals surface area contributed by atoms with Gasteiger partial charge in [0, 0.05) is 45.8 Å². The molecule has 210 valence electrons. The summed E-state index contributed by atoms with van der Waals surface area (Å²) in [5.74, 6) is -1.15. The zero-order chi connectivity index (χ0) is 28.2. The van der Waals surface area contributed by atoms with Crippen LogP contribution in [0, 0.1) is 0 Å². The van der Waals surface area contributed by atoms with E-state index in [0.717, 1.165) is 23.8 Å². The molecular formula is C28H35N3O7S. The Hall–Kier alpha value is -3.25. The van der Waals surface area contributed by atoms with E-state index in [-0.39, 0.29) is 21.8 Å². The maximum Gasteiger partial charge on any atom is 0.295 e. The lowest BCUT2D eigenvalue weighted by atomic mass is 9.95. The first-order valence-corrected chi connectivity index (χ1v) is 14.4. The minimum atomic E-state index is -3.67. The highest BCUT2D eigenvalue weighted by Crippen LogP contribution is 2.40. The van der Waals surface area contributed by atoms with Crippen molar-refractivity contribution >= 4 is 27.5 Å². The van der Waals surface area contributed by atoms with Crippen molar-refractivity contribution in [3.8, 4) is 5.75 Å². The number of Topliss-reactive ketones (excluding diaryl/α,β-unsaturated/α-hetero) is 1. The van der Waals surface area contributed by atoms with E-state index in [4.69, 9.17) is 9.47 Å². The van der Waals surface area contributed by atoms with E-state index in [0.29, 0.717) is 44.2 Å². The molecule has 0 aliphatic carbocycles. The van der Waals surface area contributed by atoms with E-state index < -0.39 is 27.8 Å². The topological polar surface area (TPSA) is 117 Å². The molecule has 2 fully saturated rings. The van der Waals surface area contributed by atoms with Gasteiger partial charge in [-0.25, -0.2) is 12.7 Å². The molecule has 1 amide bonds. The van der Waals surface area contributed by atoms with Crippen molar-refractivity contribution in [2.75, 3.05) is 60.1 Å². The molecule has 2 aliphatic heterocycles. The molecule has 2 aromatic carbocycles. The van der Waals surface area contributed by atoms with Gasteiger partial charge in [-0.15, -0.1) is 0 Å². The second-order valence-electron chi connectivity index (χ2n) is 9.68. The van der Waals surface area contributed by atoms with Crippen LogP contribution in [0.25, 0.3) is 5.76 Å². The number of rotatable bonds is 10. The van der Waals surface area contributed by atoms with Gasteiger partial charge in [0.1, 0.15) is 11.5 Å². The Labute approximate surface area is 229 Å². The van der Waals surface area contributed by atoms with Crippen LogP contribution < -0.4 is 4.74 Å². The van der Waals surface area contributed by atoms with E-state index >= 15 is 0 Å². The van der Waals surface area contributed by atoms with Gasteiger partial charge >= 0.3 is 0 Å². The molecule has 1 atom stereocenters. The number of hydrogen-bond acceptors (Lipinski definition) is 8. The van der Waals surface area contributed by atoms with Crippen LogP contribution in [0.15, 0.2) is 59.0 Å². The summed E-state index contributed by atoms with van der Waals surface area (Å²) < 4.78 is 37.1. The molecular weight excluding hydrogens is 522 g/mol. The third kappa shape index (κ3) is 6.17. The van der Waals surface area contributed by atoms with Crippen molar-refractivity contribution in [2.24, 2.45) is 0 Å². The summed E-state index contributed by atoms with van der Waals surface area (Å²) in [7, 11) is -0.807. The molecule has 4 rings (SSSR count). The van der Waals surface area contributed by atoms with Crippen molar-refractivity contribution in [3.63, 3.8) is 0 Å². The van der Waals surface area contributed by atoms with Crippen LogP contribution in [0.1, 0.15) is 30.5 Å². The molecule has 0 saturated carbocycles. The number of ketones is 1. The summed E-state index contributed by atoms with van der Waals surface area (Å²) in [5.41, 5.74) is 0.868. The lowest BCUT2D eigenvalue weighted by molar-refractivity contribution is -0.140. The maximum absolute atomic E-state index is 13.3. The monoisotopic (exact) mass is 557 g/mol. The quantitative estimate of drug-likeness (QED) is 0.269. The van der Waals surface area contributed by atoms with Crippen LogP contribution in [-0.2, 0) is 24.3 Å². The van der Waals surface area contributed by atoms with E-state index in [1.54, 1.807) is 24.3 Å². The number of ether oxygens (including phenoxy) is 2. The number of nitrogens with zero attached hydrogens (tertiary/aromatic N) is 3. The molecule has 2 saturated heterocycles. The Kier molecular flexibility index (Phi) is 9.06. The van der Waals surface area contributed by atoms with Crippen molar-refractivity contribution in [1.29, 1.82) is 0 Å². The predicted molar refractivity (Wildman–Crippen MR) is 146 cm³/mol. The van der Waals surface area contributed by atoms with Gasteiger partial charge in [-0.1, -0.05) is 19.1 Å². The standard InChI is InChI=1S/C28H35N3O7S/c1-4-17-38-22-9-5-20(6-10-22)25-24(26(32)21-7-11-23(12-8-21)39(35,36)29(2)3)27(33)28(34)31(25)14-13-30-15-18-37-19-16-30/h5-12,25,32H,4,13-19H2,1-3H3/b26-24+. The maximum atomic E-state index is 13.3. The van der Waals surface area contributed by atoms with Crippen LogP contribution in [-0.4, -0.2) is 99.4 Å². The van der Waals surface area contributed by atoms with Crippen LogP contribution in [0.2, 0.25) is 0 Å². The molecule has 2 aromatic rings. The van der Waals surface area contributed by atoms with E-state index in [1.165, 1.54) is 43.3 Å². The fourth-order valence-corrected chi connectivity index (χ4v) is 5.55. The summed E-state index contributed by atoms with van der Waals surface area (Å²) in [6.45, 7) is 6.13. The molecule has 10 nitrogen and oxygen atoms in total. The number of carbonyl (C=O) groups is 2. The molecule has 1 N–H and O–H groups in total. The number of benzene rings is 2. The number of likely N-dealkylation sites (tertiary alicyclic amines) is 1. The van der Waals surface area contributed by atoms with E-state index in [9.17, 15) is 23.1 Å². The number of aliphatic hydroxyl groups is 1. The lowest BCUT2D eigenvalue weighted by Crippen LogP contribution is -2.42. The SMILES string of the molecule is CCCOc1ccc(C2/C(=C(\O)c3ccc(S(=O)(=O)N(C)C)cc3)C(=O)C(=O)N2CCN2CCOCC2)cc1. The number of amides is 1. The van der Waals surface area contributed by atoms with Gasteiger partial charge in [0.15, 0.2) is 0 Å². The van der Waals surface area contributed by atoms with Gasteiger partial charge in [-0.3, -0.25) is 14.5 Å². The van der Waals surface area contributed by atoms with Crippen LogP contribution >= 0.6 is 0 Å². The van der Waals surface area contributed by atoms with E-state index in [1.807, 2.05) is 6.92 Å². The Morgan fingerprint density at radius 1 is 1.03 bits per heavy atom. The van der Waals surface area contributed by atoms with Gasteiger partial charge in [0.05, 0.1) is 36.3 Å². The highest BCUT2D eigenvalue weighted by molar-refractivity contribution is 7.89. The molecule has 2 heterocycles. The summed E-state index contributed by atoms with van der Waals surface area (Å²) in [4.78, 5) is 30.3. The first-order chi connectivity index (χ1) is 18.6. The van der Waals surface area contributed by atoms with Gasteiger partial charge < -0.3 is 19.5 Å². The zero-order valence-corrected chi connectivity index (χ0v) is 23.3. The molecule has 11 heteroatoms. The summed E-state index contributed by atoms with van der Waals surface area (Å²) in [6.07, 6.45) is 0.859. The lowest BCUT2D eigenvalue weighted by Gasteiger charge is -2.31. The van der Waals surface area contributed by atoms with Crippen molar-refractivity contribution in [2.45, 2.75) is 24.3 Å². The van der Waals surface area contributed by atoms with Gasteiger partial charge in [-0.2, -0.15) is 0 Å². The van der Waals surface area contributed by atoms with Crippen molar-refractivity contribution in [1.82, 2.24) is 14.1 Å². The molecule has 0 aromatic heterocycles. The highest BCUT2D eigenvalue weighted by Gasteiger charge is 2.46. The fraction of sp³-hybridized carbons (Fsp3) is 0.429. The molecule has 0 bridgehead atoms. The average molecular weight is 558 g/mol. The second-order valence-corrected chi connectivity index (χ2v) is 11.8. The first kappa shape index (κ1) is 28.8. The molecule has 0 radical (unpaired) electrons. The van der Waals surface area contributed by atoms with E-state index in [2.05, 4.69) is 4.90 Å². The number of hydrogen-bond donors (Lipinski definition) is 1. The number of carbonyl (C=O) groups excluding carboxylic acids is 2. The summed E-state index contributed by atoms with van der Waals surface area (Å²) >= 11 is 0. The summed E-state index contributed by atoms with van der Waals surface area (Å²) in [6, 6.07) is 12.0. The normalized spacial score (nSPS) is 20.1. The molecule has 0 spiro atoms. The van der Waals surface area contributed by atoms with Crippen molar-refractivity contribution in [3.05, 3.63) is 65.2 Å². The number of sulfonamides is 1. The molecule has 1 unspecified atom stereocenters. The molecule has 39 heavy (non-hydrogen) atoms. The van der Waals surface area contributed by atoms with Gasteiger partial charge in [0.2, 0.25) is 10.0 Å². The molecule has 2 aliphatic rings. The Morgan fingerprint density at radius 2 is 1.67 bits per heavy atom. The van der Waals surface area contributed by atoms with Crippen molar-refractivity contribution < 1.29 is 32.6 Å². The Bertz CT molecular complexity index is 1320. The average Bonchev–Trinajstić information content (AvgIpc) is 3.20. The highest BCUT2D eigenvalue weighted by atomic mass is 32.2. The zero-order valence-electron chi connectivity index (χ0n) is 22.5. The Balaban J connectivity index is 1.71. The fourth-order valence-electron chi connectivity index (χ4n) is 4.65. The predicted octanol–water partition coefficient (Wildman–Crippen LogP) is 2.48. The third-order valence-electron chi connectivity index (χ3n) is 6.88. The summed E-state index contributed by atoms with van der Waals surface area (Å²) in [5, 5.41) is 11.3. The number of aliphatic hydroxyl groups excluding tert-OH is 1. The smallest absolute Gasteiger partial charge is 0.295 e. The Morgan fingerprint density at radius 3 is 2.26 bits per heavy atom. The number of morpholine rings is 1. The third-order valence-corrected chi connectivity index (χ3v) is 8.71. The minimum absolute atomic E-state index is 0.0348. The van der Waals surface area contributed by atoms with Crippen LogP contribution in [0.3, 0.4) is 0 Å². The minimum Gasteiger partial charge on any atom is -0.507 e. The largest absolute Gasteiger partial charge is 0.507 e. The van der Waals surface area contributed by atoms with Gasteiger partial charge in [-0.05, 0) is 48.4 Å². The first-order valence-electron chi connectivity index (χ1n) is 13.0. The van der Waals surface area contributed by atoms with Gasteiger partial charge in [0.25, 0.3) is 11.7 Å². The van der Waals surface area contributed by atoms with Crippen LogP contribution in [0.5, 0.6) is 5.75 Å².